The number of hydrogen-bond donors (Lipinski definition) is 0. The molecule has 10 aromatic carbocycles. The SMILES string of the molecule is c1ccc(-c2ccc(N(c3ccc(-c4ccccc4)cc3)c3ccc(-c4ccc(-c5ccc6c(c5)c5ccccc5n6-c5cccc6c5oc5ccccc56)cc4)cc3)cc2)cc1. The Kier molecular flexibility index (Phi) is 8.83. The second kappa shape index (κ2) is 15.3. The van der Waals surface area contributed by atoms with Gasteiger partial charge in [-0.3, -0.25) is 0 Å². The summed E-state index contributed by atoms with van der Waals surface area (Å²) in [7, 11) is 0. The smallest absolute Gasteiger partial charge is 0.159 e. The number of fused-ring (bicyclic) bond motifs is 6. The van der Waals surface area contributed by atoms with E-state index in [-0.39, 0.29) is 0 Å². The number of rotatable bonds is 8. The summed E-state index contributed by atoms with van der Waals surface area (Å²) in [6.45, 7) is 0. The quantitative estimate of drug-likeness (QED) is 0.153. The topological polar surface area (TPSA) is 21.3 Å². The second-order valence-corrected chi connectivity index (χ2v) is 16.1. The van der Waals surface area contributed by atoms with Crippen molar-refractivity contribution in [1.29, 1.82) is 0 Å². The monoisotopic (exact) mass is 804 g/mol. The van der Waals surface area contributed by atoms with Crippen LogP contribution in [0.1, 0.15) is 0 Å². The molecule has 0 saturated carbocycles. The normalized spacial score (nSPS) is 11.5. The third-order valence-electron chi connectivity index (χ3n) is 12.4. The third-order valence-corrected chi connectivity index (χ3v) is 12.4. The zero-order valence-corrected chi connectivity index (χ0v) is 34.4. The number of aromatic nitrogens is 1. The Balaban J connectivity index is 0.865. The average Bonchev–Trinajstić information content (AvgIpc) is 3.91. The van der Waals surface area contributed by atoms with E-state index in [1.165, 1.54) is 55.3 Å². The molecule has 0 unspecified atom stereocenters. The molecule has 3 nitrogen and oxygen atoms in total. The van der Waals surface area contributed by atoms with Gasteiger partial charge in [-0.1, -0.05) is 176 Å². The van der Waals surface area contributed by atoms with E-state index >= 15 is 0 Å². The minimum absolute atomic E-state index is 0.900. The Hall–Kier alpha value is -8.40. The number of hydrogen-bond acceptors (Lipinski definition) is 2. The van der Waals surface area contributed by atoms with E-state index in [9.17, 15) is 0 Å². The highest BCUT2D eigenvalue weighted by molar-refractivity contribution is 6.13. The van der Waals surface area contributed by atoms with Crippen molar-refractivity contribution in [1.82, 2.24) is 4.57 Å². The van der Waals surface area contributed by atoms with E-state index in [0.717, 1.165) is 55.7 Å². The zero-order chi connectivity index (χ0) is 41.7. The molecule has 0 amide bonds. The molecule has 2 aromatic heterocycles. The summed E-state index contributed by atoms with van der Waals surface area (Å²) in [6.07, 6.45) is 0. The van der Waals surface area contributed by atoms with Crippen molar-refractivity contribution in [3.63, 3.8) is 0 Å². The molecule has 0 atom stereocenters. The van der Waals surface area contributed by atoms with Gasteiger partial charge in [0.2, 0.25) is 0 Å². The highest BCUT2D eigenvalue weighted by atomic mass is 16.3. The lowest BCUT2D eigenvalue weighted by Crippen LogP contribution is -2.09. The van der Waals surface area contributed by atoms with Gasteiger partial charge in [0, 0.05) is 38.6 Å². The fourth-order valence-electron chi connectivity index (χ4n) is 9.29. The highest BCUT2D eigenvalue weighted by Crippen LogP contribution is 2.41. The highest BCUT2D eigenvalue weighted by Gasteiger charge is 2.19. The van der Waals surface area contributed by atoms with Gasteiger partial charge in [-0.05, 0) is 111 Å². The first-order valence-corrected chi connectivity index (χ1v) is 21.5. The lowest BCUT2D eigenvalue weighted by Gasteiger charge is -2.26. The fourth-order valence-corrected chi connectivity index (χ4v) is 9.29. The molecule has 296 valence electrons. The number of benzene rings is 10. The molecule has 2 heterocycles. The van der Waals surface area contributed by atoms with E-state index in [1.54, 1.807) is 0 Å². The van der Waals surface area contributed by atoms with E-state index in [2.05, 4.69) is 240 Å². The molecule has 0 radical (unpaired) electrons. The predicted molar refractivity (Wildman–Crippen MR) is 264 cm³/mol. The van der Waals surface area contributed by atoms with Crippen LogP contribution in [0.3, 0.4) is 0 Å². The van der Waals surface area contributed by atoms with Crippen LogP contribution in [-0.4, -0.2) is 4.57 Å². The summed E-state index contributed by atoms with van der Waals surface area (Å²) in [6, 6.07) is 87.0. The van der Waals surface area contributed by atoms with Gasteiger partial charge in [0.05, 0.1) is 16.7 Å². The first-order chi connectivity index (χ1) is 31.2. The summed E-state index contributed by atoms with van der Waals surface area (Å²) in [5, 5.41) is 4.69. The molecule has 0 spiro atoms. The van der Waals surface area contributed by atoms with Gasteiger partial charge in [0.1, 0.15) is 5.58 Å². The maximum absolute atomic E-state index is 6.52. The van der Waals surface area contributed by atoms with Crippen molar-refractivity contribution in [2.24, 2.45) is 0 Å². The van der Waals surface area contributed by atoms with Crippen molar-refractivity contribution >= 4 is 60.8 Å². The Labute approximate surface area is 366 Å². The molecule has 12 rings (SSSR count). The van der Waals surface area contributed by atoms with E-state index in [0.29, 0.717) is 0 Å². The molecule has 0 saturated heterocycles. The summed E-state index contributed by atoms with van der Waals surface area (Å²) in [5.74, 6) is 0. The summed E-state index contributed by atoms with van der Waals surface area (Å²) in [4.78, 5) is 2.33. The molecular weight excluding hydrogens is 765 g/mol. The van der Waals surface area contributed by atoms with Crippen LogP contribution >= 0.6 is 0 Å². The molecule has 3 heteroatoms. The van der Waals surface area contributed by atoms with Gasteiger partial charge in [-0.25, -0.2) is 0 Å². The first kappa shape index (κ1) is 36.5. The van der Waals surface area contributed by atoms with Crippen molar-refractivity contribution in [2.75, 3.05) is 4.90 Å². The first-order valence-electron chi connectivity index (χ1n) is 21.5. The van der Waals surface area contributed by atoms with Crippen molar-refractivity contribution < 1.29 is 4.42 Å². The molecule has 0 bridgehead atoms. The third kappa shape index (κ3) is 6.46. The Morgan fingerprint density at radius 3 is 1.27 bits per heavy atom. The maximum atomic E-state index is 6.52. The molecule has 0 N–H and O–H groups in total. The lowest BCUT2D eigenvalue weighted by molar-refractivity contribution is 0.666. The predicted octanol–water partition coefficient (Wildman–Crippen LogP) is 16.8. The number of anilines is 3. The van der Waals surface area contributed by atoms with Gasteiger partial charge >= 0.3 is 0 Å². The van der Waals surface area contributed by atoms with Crippen LogP contribution in [-0.2, 0) is 0 Å². The average molecular weight is 805 g/mol. The van der Waals surface area contributed by atoms with E-state index in [4.69, 9.17) is 4.42 Å². The Morgan fingerprint density at radius 2 is 0.698 bits per heavy atom. The van der Waals surface area contributed by atoms with Gasteiger partial charge < -0.3 is 13.9 Å². The van der Waals surface area contributed by atoms with Crippen LogP contribution < -0.4 is 4.90 Å². The summed E-state index contributed by atoms with van der Waals surface area (Å²) < 4.78 is 8.87. The lowest BCUT2D eigenvalue weighted by atomic mass is 9.98. The maximum Gasteiger partial charge on any atom is 0.159 e. The van der Waals surface area contributed by atoms with E-state index < -0.39 is 0 Å². The van der Waals surface area contributed by atoms with Gasteiger partial charge in [-0.2, -0.15) is 0 Å². The minimum Gasteiger partial charge on any atom is -0.454 e. The van der Waals surface area contributed by atoms with Crippen LogP contribution in [0.25, 0.3) is 93.9 Å². The molecule has 0 fully saturated rings. The van der Waals surface area contributed by atoms with Crippen molar-refractivity contribution in [2.45, 2.75) is 0 Å². The van der Waals surface area contributed by atoms with Gasteiger partial charge in [-0.15, -0.1) is 0 Å². The zero-order valence-electron chi connectivity index (χ0n) is 34.4. The van der Waals surface area contributed by atoms with Crippen LogP contribution in [0, 0.1) is 0 Å². The largest absolute Gasteiger partial charge is 0.454 e. The molecule has 0 aliphatic rings. The minimum atomic E-state index is 0.900. The molecular formula is C60H40N2O. The van der Waals surface area contributed by atoms with Crippen LogP contribution in [0.5, 0.6) is 0 Å². The number of nitrogens with zero attached hydrogens (tertiary/aromatic N) is 2. The van der Waals surface area contributed by atoms with Crippen molar-refractivity contribution in [3.8, 4) is 50.2 Å². The van der Waals surface area contributed by atoms with Gasteiger partial charge in [0.15, 0.2) is 5.58 Å². The van der Waals surface area contributed by atoms with Crippen molar-refractivity contribution in [3.05, 3.63) is 243 Å². The summed E-state index contributed by atoms with van der Waals surface area (Å²) in [5.41, 5.74) is 18.0. The molecule has 12 aromatic rings. The number of furan rings is 1. The van der Waals surface area contributed by atoms with E-state index in [1.807, 2.05) is 12.1 Å². The van der Waals surface area contributed by atoms with Crippen LogP contribution in [0.4, 0.5) is 17.1 Å². The second-order valence-electron chi connectivity index (χ2n) is 16.1. The molecule has 63 heavy (non-hydrogen) atoms. The standard InChI is InChI=1S/C60H40N2O/c1-3-12-41(13-4-1)44-26-33-49(34-27-44)61(50-35-28-45(29-36-50)42-14-5-2-6-15-42)51-37-30-46(31-38-51)43-22-24-47(25-23-43)48-32-39-57-55(40-48)52-16-7-9-19-56(52)62(57)58-20-11-18-54-53-17-8-10-21-59(53)63-60(54)58/h1-40H. The Bertz CT molecular complexity index is 3480. The fraction of sp³-hybridized carbons (Fsp3) is 0. The van der Waals surface area contributed by atoms with Crippen LogP contribution in [0.2, 0.25) is 0 Å². The molecule has 0 aliphatic heterocycles. The van der Waals surface area contributed by atoms with Gasteiger partial charge in [0.25, 0.3) is 0 Å². The number of para-hydroxylation sites is 3. The van der Waals surface area contributed by atoms with Crippen LogP contribution in [0.15, 0.2) is 247 Å². The molecule has 0 aliphatic carbocycles. The Morgan fingerprint density at radius 1 is 0.286 bits per heavy atom. The summed E-state index contributed by atoms with van der Waals surface area (Å²) >= 11 is 0.